The Morgan fingerprint density at radius 3 is 2.48 bits per heavy atom. The smallest absolute Gasteiger partial charge is 0.270 e. The highest BCUT2D eigenvalue weighted by Crippen LogP contribution is 2.25. The number of nitrogens with zero attached hydrogens (tertiary/aromatic N) is 2. The number of nitro benzene ring substituents is 1. The molecule has 1 amide bonds. The van der Waals surface area contributed by atoms with E-state index in [1.165, 1.54) is 18.2 Å². The highest BCUT2D eigenvalue weighted by Gasteiger charge is 2.21. The SMILES string of the molecule is CCN(C(=O)c1cc([N+](=O)[O-])ccc1Br)c1ccccc1. The number of non-ortho nitro benzene ring substituents is 1. The first-order chi connectivity index (χ1) is 10.0. The maximum atomic E-state index is 12.6. The number of carbonyl (C=O) groups excluding carboxylic acids is 1. The Labute approximate surface area is 130 Å². The van der Waals surface area contributed by atoms with Gasteiger partial charge in [0.15, 0.2) is 0 Å². The Bertz CT molecular complexity index is 674. The number of rotatable bonds is 4. The Kier molecular flexibility index (Phi) is 4.70. The number of amides is 1. The van der Waals surface area contributed by atoms with Crippen molar-refractivity contribution in [2.24, 2.45) is 0 Å². The van der Waals surface area contributed by atoms with Crippen molar-refractivity contribution < 1.29 is 9.72 Å². The van der Waals surface area contributed by atoms with Crippen LogP contribution >= 0.6 is 15.9 Å². The molecule has 2 rings (SSSR count). The summed E-state index contributed by atoms with van der Waals surface area (Å²) >= 11 is 3.28. The van der Waals surface area contributed by atoms with Crippen LogP contribution in [0.4, 0.5) is 11.4 Å². The van der Waals surface area contributed by atoms with E-state index in [4.69, 9.17) is 0 Å². The van der Waals surface area contributed by atoms with Crippen molar-refractivity contribution in [2.45, 2.75) is 6.92 Å². The molecule has 0 spiro atoms. The minimum atomic E-state index is -0.512. The van der Waals surface area contributed by atoms with E-state index in [1.54, 1.807) is 4.90 Å². The monoisotopic (exact) mass is 348 g/mol. The number of anilines is 1. The lowest BCUT2D eigenvalue weighted by Gasteiger charge is -2.21. The van der Waals surface area contributed by atoms with Crippen LogP contribution in [0.3, 0.4) is 0 Å². The van der Waals surface area contributed by atoms with Crippen LogP contribution in [0.2, 0.25) is 0 Å². The predicted molar refractivity (Wildman–Crippen MR) is 84.6 cm³/mol. The second-order valence-electron chi connectivity index (χ2n) is 4.31. The summed E-state index contributed by atoms with van der Waals surface area (Å²) in [5, 5.41) is 10.9. The number of hydrogen-bond acceptors (Lipinski definition) is 3. The minimum absolute atomic E-state index is 0.106. The molecule has 0 unspecified atom stereocenters. The number of nitro groups is 1. The highest BCUT2D eigenvalue weighted by molar-refractivity contribution is 9.10. The van der Waals surface area contributed by atoms with Crippen molar-refractivity contribution in [3.63, 3.8) is 0 Å². The molecule has 0 saturated carbocycles. The van der Waals surface area contributed by atoms with Gasteiger partial charge in [0.25, 0.3) is 11.6 Å². The van der Waals surface area contributed by atoms with Crippen LogP contribution in [0.1, 0.15) is 17.3 Å². The lowest BCUT2D eigenvalue weighted by atomic mass is 10.1. The van der Waals surface area contributed by atoms with E-state index < -0.39 is 4.92 Å². The minimum Gasteiger partial charge on any atom is -0.309 e. The van der Waals surface area contributed by atoms with Crippen molar-refractivity contribution in [1.82, 2.24) is 0 Å². The van der Waals surface area contributed by atoms with Gasteiger partial charge in [0.1, 0.15) is 0 Å². The normalized spacial score (nSPS) is 10.2. The van der Waals surface area contributed by atoms with E-state index in [9.17, 15) is 14.9 Å². The summed E-state index contributed by atoms with van der Waals surface area (Å²) in [6, 6.07) is 13.4. The number of halogens is 1. The lowest BCUT2D eigenvalue weighted by Crippen LogP contribution is -2.30. The third-order valence-corrected chi connectivity index (χ3v) is 3.71. The van der Waals surface area contributed by atoms with Crippen molar-refractivity contribution in [2.75, 3.05) is 11.4 Å². The van der Waals surface area contributed by atoms with E-state index in [1.807, 2.05) is 37.3 Å². The molecule has 0 aliphatic rings. The topological polar surface area (TPSA) is 63.5 Å². The molecule has 0 aliphatic heterocycles. The molecule has 6 heteroatoms. The third kappa shape index (κ3) is 3.28. The van der Waals surface area contributed by atoms with Crippen molar-refractivity contribution >= 4 is 33.2 Å². The lowest BCUT2D eigenvalue weighted by molar-refractivity contribution is -0.384. The van der Waals surface area contributed by atoms with Crippen molar-refractivity contribution in [3.05, 3.63) is 68.7 Å². The Morgan fingerprint density at radius 1 is 1.24 bits per heavy atom. The van der Waals surface area contributed by atoms with E-state index in [-0.39, 0.29) is 17.2 Å². The first-order valence-electron chi connectivity index (χ1n) is 6.35. The molecule has 0 aromatic heterocycles. The van der Waals surface area contributed by atoms with Crippen LogP contribution in [0, 0.1) is 10.1 Å². The van der Waals surface area contributed by atoms with Crippen molar-refractivity contribution in [1.29, 1.82) is 0 Å². The van der Waals surface area contributed by atoms with Gasteiger partial charge in [-0.1, -0.05) is 18.2 Å². The van der Waals surface area contributed by atoms with E-state index >= 15 is 0 Å². The van der Waals surface area contributed by atoms with Gasteiger partial charge in [0.2, 0.25) is 0 Å². The number of para-hydroxylation sites is 1. The molecule has 0 atom stereocenters. The zero-order valence-corrected chi connectivity index (χ0v) is 12.9. The molecule has 0 fully saturated rings. The Balaban J connectivity index is 2.43. The first kappa shape index (κ1) is 15.2. The molecule has 0 aliphatic carbocycles. The van der Waals surface area contributed by atoms with Gasteiger partial charge in [-0.05, 0) is 41.1 Å². The Hall–Kier alpha value is -2.21. The van der Waals surface area contributed by atoms with Gasteiger partial charge >= 0.3 is 0 Å². The van der Waals surface area contributed by atoms with E-state index in [0.29, 0.717) is 11.0 Å². The second kappa shape index (κ2) is 6.49. The van der Waals surface area contributed by atoms with Crippen LogP contribution < -0.4 is 4.90 Å². The molecule has 0 radical (unpaired) electrons. The maximum Gasteiger partial charge on any atom is 0.270 e. The summed E-state index contributed by atoms with van der Waals surface area (Å²) in [7, 11) is 0. The Morgan fingerprint density at radius 2 is 1.90 bits per heavy atom. The summed E-state index contributed by atoms with van der Waals surface area (Å²) in [5.74, 6) is -0.278. The van der Waals surface area contributed by atoms with E-state index in [2.05, 4.69) is 15.9 Å². The summed E-state index contributed by atoms with van der Waals surface area (Å²) in [4.78, 5) is 24.6. The molecule has 0 bridgehead atoms. The van der Waals surface area contributed by atoms with Gasteiger partial charge in [-0.2, -0.15) is 0 Å². The number of carbonyl (C=O) groups is 1. The standard InChI is InChI=1S/C15H13BrN2O3/c1-2-17(11-6-4-3-5-7-11)15(19)13-10-12(18(20)21)8-9-14(13)16/h3-10H,2H2,1H3. The number of benzene rings is 2. The van der Waals surface area contributed by atoms with Crippen LogP contribution in [-0.2, 0) is 0 Å². The summed E-state index contributed by atoms with van der Waals surface area (Å²) in [5.41, 5.74) is 0.920. The highest BCUT2D eigenvalue weighted by atomic mass is 79.9. The first-order valence-corrected chi connectivity index (χ1v) is 7.14. The third-order valence-electron chi connectivity index (χ3n) is 3.02. The average molecular weight is 349 g/mol. The van der Waals surface area contributed by atoms with Gasteiger partial charge in [-0.15, -0.1) is 0 Å². The molecule has 21 heavy (non-hydrogen) atoms. The molecule has 0 saturated heterocycles. The van der Waals surface area contributed by atoms with Crippen LogP contribution in [0.25, 0.3) is 0 Å². The molecule has 5 nitrogen and oxygen atoms in total. The predicted octanol–water partition coefficient (Wildman–Crippen LogP) is 4.02. The van der Waals surface area contributed by atoms with Gasteiger partial charge in [0.05, 0.1) is 10.5 Å². The quantitative estimate of drug-likeness (QED) is 0.619. The van der Waals surface area contributed by atoms with Gasteiger partial charge < -0.3 is 4.90 Å². The maximum absolute atomic E-state index is 12.6. The summed E-state index contributed by atoms with van der Waals surface area (Å²) < 4.78 is 0.535. The van der Waals surface area contributed by atoms with Crippen molar-refractivity contribution in [3.8, 4) is 0 Å². The average Bonchev–Trinajstić information content (AvgIpc) is 2.49. The van der Waals surface area contributed by atoms with Gasteiger partial charge in [0, 0.05) is 28.8 Å². The molecule has 2 aromatic rings. The summed E-state index contributed by atoms with van der Waals surface area (Å²) in [6.07, 6.45) is 0. The van der Waals surface area contributed by atoms with E-state index in [0.717, 1.165) is 5.69 Å². The largest absolute Gasteiger partial charge is 0.309 e. The summed E-state index contributed by atoms with van der Waals surface area (Å²) in [6.45, 7) is 2.33. The zero-order chi connectivity index (χ0) is 15.4. The van der Waals surface area contributed by atoms with Gasteiger partial charge in [-0.25, -0.2) is 0 Å². The molecular weight excluding hydrogens is 336 g/mol. The zero-order valence-electron chi connectivity index (χ0n) is 11.3. The van der Waals surface area contributed by atoms with Crippen LogP contribution in [-0.4, -0.2) is 17.4 Å². The fourth-order valence-corrected chi connectivity index (χ4v) is 2.40. The van der Waals surface area contributed by atoms with Crippen LogP contribution in [0.5, 0.6) is 0 Å². The number of hydrogen-bond donors (Lipinski definition) is 0. The van der Waals surface area contributed by atoms with Crippen LogP contribution in [0.15, 0.2) is 53.0 Å². The molecule has 108 valence electrons. The molecular formula is C15H13BrN2O3. The molecule has 0 N–H and O–H groups in total. The second-order valence-corrected chi connectivity index (χ2v) is 5.16. The fourth-order valence-electron chi connectivity index (χ4n) is 1.99. The fraction of sp³-hybridized carbons (Fsp3) is 0.133. The molecule has 2 aromatic carbocycles. The molecule has 0 heterocycles. The van der Waals surface area contributed by atoms with Gasteiger partial charge in [-0.3, -0.25) is 14.9 Å².